The SMILES string of the molecule is C=C(C)C(=O)OCCCCCC.C=CC=C.C=Cc1ccccc1. The third-order valence-electron chi connectivity index (χ3n) is 2.78. The van der Waals surface area contributed by atoms with E-state index in [1.165, 1.54) is 18.4 Å². The smallest absolute Gasteiger partial charge is 0.333 e. The number of ether oxygens (including phenoxy) is 1. The van der Waals surface area contributed by atoms with Crippen LogP contribution >= 0.6 is 0 Å². The van der Waals surface area contributed by atoms with Crippen LogP contribution in [-0.2, 0) is 9.53 Å². The van der Waals surface area contributed by atoms with Gasteiger partial charge < -0.3 is 4.74 Å². The van der Waals surface area contributed by atoms with E-state index in [9.17, 15) is 4.79 Å². The second kappa shape index (κ2) is 18.7. The molecule has 0 saturated carbocycles. The molecule has 0 amide bonds. The van der Waals surface area contributed by atoms with E-state index in [0.717, 1.165) is 12.8 Å². The topological polar surface area (TPSA) is 26.3 Å². The van der Waals surface area contributed by atoms with Crippen LogP contribution in [0.3, 0.4) is 0 Å². The fourth-order valence-electron chi connectivity index (χ4n) is 1.41. The fourth-order valence-corrected chi connectivity index (χ4v) is 1.41. The number of allylic oxidation sites excluding steroid dienone is 2. The lowest BCUT2D eigenvalue weighted by atomic mass is 10.2. The number of carbonyl (C=O) groups is 1. The van der Waals surface area contributed by atoms with Crippen LogP contribution in [-0.4, -0.2) is 12.6 Å². The van der Waals surface area contributed by atoms with Crippen molar-refractivity contribution in [2.45, 2.75) is 39.5 Å². The zero-order valence-corrected chi connectivity index (χ0v) is 15.3. The van der Waals surface area contributed by atoms with Crippen molar-refractivity contribution in [3.05, 3.63) is 79.9 Å². The number of esters is 1. The van der Waals surface area contributed by atoms with Crippen molar-refractivity contribution in [3.63, 3.8) is 0 Å². The zero-order valence-electron chi connectivity index (χ0n) is 15.3. The third-order valence-corrected chi connectivity index (χ3v) is 2.78. The highest BCUT2D eigenvalue weighted by molar-refractivity contribution is 5.86. The summed E-state index contributed by atoms with van der Waals surface area (Å²) in [5.41, 5.74) is 1.65. The Bertz CT molecular complexity index is 466. The van der Waals surface area contributed by atoms with E-state index >= 15 is 0 Å². The molecule has 1 rings (SSSR count). The van der Waals surface area contributed by atoms with E-state index in [0.29, 0.717) is 12.2 Å². The van der Waals surface area contributed by atoms with Gasteiger partial charge in [-0.1, -0.05) is 101 Å². The van der Waals surface area contributed by atoms with Gasteiger partial charge in [0.15, 0.2) is 0 Å². The van der Waals surface area contributed by atoms with Gasteiger partial charge in [-0.05, 0) is 18.9 Å². The largest absolute Gasteiger partial charge is 0.462 e. The normalized spacial score (nSPS) is 8.42. The molecule has 0 spiro atoms. The first kappa shape index (κ1) is 23.9. The minimum Gasteiger partial charge on any atom is -0.462 e. The first-order valence-corrected chi connectivity index (χ1v) is 8.27. The monoisotopic (exact) mass is 328 g/mol. The molecule has 0 heterocycles. The first-order valence-electron chi connectivity index (χ1n) is 8.27. The summed E-state index contributed by atoms with van der Waals surface area (Å²) in [7, 11) is 0. The van der Waals surface area contributed by atoms with Crippen LogP contribution in [0.5, 0.6) is 0 Å². The summed E-state index contributed by atoms with van der Waals surface area (Å²) in [6.45, 7) is 18.2. The van der Waals surface area contributed by atoms with E-state index < -0.39 is 0 Å². The van der Waals surface area contributed by atoms with E-state index in [1.807, 2.05) is 36.4 Å². The van der Waals surface area contributed by atoms with E-state index in [4.69, 9.17) is 4.74 Å². The summed E-state index contributed by atoms with van der Waals surface area (Å²) < 4.78 is 4.91. The molecule has 24 heavy (non-hydrogen) atoms. The van der Waals surface area contributed by atoms with Crippen LogP contribution in [0.2, 0.25) is 0 Å². The fraction of sp³-hybridized carbons (Fsp3) is 0.318. The molecule has 2 nitrogen and oxygen atoms in total. The lowest BCUT2D eigenvalue weighted by Crippen LogP contribution is -2.05. The zero-order chi connectivity index (χ0) is 18.6. The van der Waals surface area contributed by atoms with Crippen molar-refractivity contribution in [2.24, 2.45) is 0 Å². The molecule has 1 aromatic carbocycles. The van der Waals surface area contributed by atoms with Crippen molar-refractivity contribution in [1.29, 1.82) is 0 Å². The number of rotatable bonds is 8. The van der Waals surface area contributed by atoms with Gasteiger partial charge in [0.25, 0.3) is 0 Å². The first-order chi connectivity index (χ1) is 11.5. The maximum Gasteiger partial charge on any atom is 0.333 e. The molecule has 0 aliphatic heterocycles. The summed E-state index contributed by atoms with van der Waals surface area (Å²) in [5, 5.41) is 0. The van der Waals surface area contributed by atoms with Crippen molar-refractivity contribution in [2.75, 3.05) is 6.61 Å². The predicted octanol–water partition coefficient (Wildman–Crippen LogP) is 6.37. The average Bonchev–Trinajstić information content (AvgIpc) is 2.62. The van der Waals surface area contributed by atoms with Gasteiger partial charge in [-0.3, -0.25) is 0 Å². The van der Waals surface area contributed by atoms with Crippen molar-refractivity contribution < 1.29 is 9.53 Å². The number of unbranched alkanes of at least 4 members (excludes halogenated alkanes) is 3. The Morgan fingerprint density at radius 2 is 1.62 bits per heavy atom. The molecule has 1 aromatic rings. The molecular formula is C22H32O2. The molecule has 2 heteroatoms. The lowest BCUT2D eigenvalue weighted by molar-refractivity contribution is -0.139. The van der Waals surface area contributed by atoms with Gasteiger partial charge in [-0.2, -0.15) is 0 Å². The van der Waals surface area contributed by atoms with E-state index in [-0.39, 0.29) is 5.97 Å². The molecule has 0 aliphatic carbocycles. The summed E-state index contributed by atoms with van der Waals surface area (Å²) in [5.74, 6) is -0.272. The Balaban J connectivity index is 0. The molecule has 0 saturated heterocycles. The van der Waals surface area contributed by atoms with Crippen LogP contribution in [0.25, 0.3) is 6.08 Å². The highest BCUT2D eigenvalue weighted by atomic mass is 16.5. The minimum absolute atomic E-state index is 0.272. The van der Waals surface area contributed by atoms with Gasteiger partial charge in [0.2, 0.25) is 0 Å². The van der Waals surface area contributed by atoms with E-state index in [2.05, 4.69) is 33.2 Å². The minimum atomic E-state index is -0.272. The van der Waals surface area contributed by atoms with Crippen LogP contribution in [0.1, 0.15) is 45.1 Å². The average molecular weight is 328 g/mol. The summed E-state index contributed by atoms with van der Waals surface area (Å²) in [6, 6.07) is 10.0. The van der Waals surface area contributed by atoms with Gasteiger partial charge in [0, 0.05) is 5.57 Å². The molecule has 0 atom stereocenters. The maximum absolute atomic E-state index is 10.9. The van der Waals surface area contributed by atoms with Gasteiger partial charge in [-0.25, -0.2) is 4.79 Å². The Hall–Kier alpha value is -2.35. The summed E-state index contributed by atoms with van der Waals surface area (Å²) >= 11 is 0. The van der Waals surface area contributed by atoms with Gasteiger partial charge in [0.1, 0.15) is 0 Å². The van der Waals surface area contributed by atoms with Gasteiger partial charge in [0.05, 0.1) is 6.61 Å². The molecule has 0 N–H and O–H groups in total. The van der Waals surface area contributed by atoms with Crippen LogP contribution < -0.4 is 0 Å². The second-order valence-electron chi connectivity index (χ2n) is 5.06. The molecule has 0 bridgehead atoms. The Morgan fingerprint density at radius 1 is 1.04 bits per heavy atom. The van der Waals surface area contributed by atoms with Gasteiger partial charge >= 0.3 is 5.97 Å². The molecule has 0 radical (unpaired) electrons. The van der Waals surface area contributed by atoms with Gasteiger partial charge in [-0.15, -0.1) is 0 Å². The van der Waals surface area contributed by atoms with Crippen molar-refractivity contribution in [1.82, 2.24) is 0 Å². The third kappa shape index (κ3) is 17.7. The Morgan fingerprint density at radius 3 is 2.00 bits per heavy atom. The van der Waals surface area contributed by atoms with Crippen LogP contribution in [0.4, 0.5) is 0 Å². The molecule has 0 aliphatic rings. The highest BCUT2D eigenvalue weighted by Crippen LogP contribution is 2.00. The lowest BCUT2D eigenvalue weighted by Gasteiger charge is -2.02. The molecule has 0 unspecified atom stereocenters. The molecular weight excluding hydrogens is 296 g/mol. The standard InChI is InChI=1S/C10H18O2.C8H8.C4H6/c1-4-5-6-7-8-12-10(11)9(2)3;1-2-8-6-4-3-5-7-8;1-3-4-2/h2,4-8H2,1,3H3;2-7H,1H2;3-4H,1-2H2. The molecule has 132 valence electrons. The number of hydrogen-bond donors (Lipinski definition) is 0. The summed E-state index contributed by atoms with van der Waals surface area (Å²) in [4.78, 5) is 10.9. The highest BCUT2D eigenvalue weighted by Gasteiger charge is 2.00. The Labute approximate surface area is 148 Å². The number of benzene rings is 1. The Kier molecular flexibility index (Phi) is 18.6. The van der Waals surface area contributed by atoms with Crippen LogP contribution in [0.15, 0.2) is 74.4 Å². The molecule has 0 fully saturated rings. The number of carbonyl (C=O) groups excluding carboxylic acids is 1. The molecule has 0 aromatic heterocycles. The predicted molar refractivity (Wildman–Crippen MR) is 107 cm³/mol. The summed E-state index contributed by atoms with van der Waals surface area (Å²) in [6.07, 6.45) is 9.63. The van der Waals surface area contributed by atoms with Crippen molar-refractivity contribution in [3.8, 4) is 0 Å². The van der Waals surface area contributed by atoms with E-state index in [1.54, 1.807) is 19.1 Å². The quantitative estimate of drug-likeness (QED) is 0.240. The van der Waals surface area contributed by atoms with Crippen LogP contribution in [0, 0.1) is 0 Å². The van der Waals surface area contributed by atoms with Crippen molar-refractivity contribution >= 4 is 12.0 Å². The second-order valence-corrected chi connectivity index (χ2v) is 5.06. The maximum atomic E-state index is 10.9. The number of hydrogen-bond acceptors (Lipinski definition) is 2.